The second-order valence-corrected chi connectivity index (χ2v) is 3.28. The molecule has 0 atom stereocenters. The van der Waals surface area contributed by atoms with Gasteiger partial charge in [-0.25, -0.2) is 4.98 Å². The Labute approximate surface area is 97.0 Å². The standard InChI is InChI=1S/C12H11F3N2/c1-3-9(7-8(2)16)10-5-4-6-11(17-10)12(13,14)15/h3-7H,1-2,16H2/b9-7+. The van der Waals surface area contributed by atoms with Crippen molar-refractivity contribution >= 4 is 5.57 Å². The van der Waals surface area contributed by atoms with Crippen LogP contribution >= 0.6 is 0 Å². The predicted molar refractivity (Wildman–Crippen MR) is 60.7 cm³/mol. The molecule has 2 N–H and O–H groups in total. The molecule has 17 heavy (non-hydrogen) atoms. The van der Waals surface area contributed by atoms with Gasteiger partial charge in [0.05, 0.1) is 5.69 Å². The van der Waals surface area contributed by atoms with Gasteiger partial charge in [-0.3, -0.25) is 0 Å². The van der Waals surface area contributed by atoms with E-state index in [-0.39, 0.29) is 11.4 Å². The summed E-state index contributed by atoms with van der Waals surface area (Å²) in [4.78, 5) is 3.51. The number of pyridine rings is 1. The smallest absolute Gasteiger partial charge is 0.399 e. The summed E-state index contributed by atoms with van der Waals surface area (Å²) in [5.41, 5.74) is 5.18. The molecule has 1 heterocycles. The summed E-state index contributed by atoms with van der Waals surface area (Å²) in [6.45, 7) is 6.94. The Hall–Kier alpha value is -2.04. The van der Waals surface area contributed by atoms with Crippen LogP contribution in [0.15, 0.2) is 49.2 Å². The summed E-state index contributed by atoms with van der Waals surface area (Å²) in [6.07, 6.45) is -1.68. The lowest BCUT2D eigenvalue weighted by Gasteiger charge is -2.08. The Kier molecular flexibility index (Phi) is 3.73. The van der Waals surface area contributed by atoms with Gasteiger partial charge in [0.2, 0.25) is 0 Å². The van der Waals surface area contributed by atoms with Crippen LogP contribution < -0.4 is 5.73 Å². The number of hydrogen-bond acceptors (Lipinski definition) is 2. The summed E-state index contributed by atoms with van der Waals surface area (Å²) in [7, 11) is 0. The molecule has 0 radical (unpaired) electrons. The third-order valence-electron chi connectivity index (χ3n) is 1.90. The average molecular weight is 240 g/mol. The Bertz CT molecular complexity index is 473. The third kappa shape index (κ3) is 3.48. The summed E-state index contributed by atoms with van der Waals surface area (Å²) < 4.78 is 37.3. The first-order valence-corrected chi connectivity index (χ1v) is 4.67. The molecular weight excluding hydrogens is 229 g/mol. The molecule has 1 rings (SSSR count). The molecule has 2 nitrogen and oxygen atoms in total. The zero-order chi connectivity index (χ0) is 13.1. The van der Waals surface area contributed by atoms with Crippen molar-refractivity contribution in [3.63, 3.8) is 0 Å². The maximum absolute atomic E-state index is 12.4. The minimum atomic E-state index is -4.47. The van der Waals surface area contributed by atoms with Gasteiger partial charge in [0.1, 0.15) is 5.69 Å². The second kappa shape index (κ2) is 4.86. The van der Waals surface area contributed by atoms with E-state index in [1.807, 2.05) is 0 Å². The van der Waals surface area contributed by atoms with Crippen molar-refractivity contribution in [3.8, 4) is 0 Å². The van der Waals surface area contributed by atoms with E-state index in [1.165, 1.54) is 24.3 Å². The summed E-state index contributed by atoms with van der Waals surface area (Å²) in [5.74, 6) is 0. The van der Waals surface area contributed by atoms with E-state index in [4.69, 9.17) is 5.73 Å². The fourth-order valence-corrected chi connectivity index (χ4v) is 1.19. The topological polar surface area (TPSA) is 38.9 Å². The largest absolute Gasteiger partial charge is 0.433 e. The average Bonchev–Trinajstić information content (AvgIpc) is 2.24. The van der Waals surface area contributed by atoms with Crippen molar-refractivity contribution in [2.24, 2.45) is 5.73 Å². The van der Waals surface area contributed by atoms with Crippen LogP contribution in [-0.2, 0) is 6.18 Å². The molecule has 0 amide bonds. The highest BCUT2D eigenvalue weighted by Gasteiger charge is 2.32. The molecule has 0 aliphatic heterocycles. The highest BCUT2D eigenvalue weighted by Crippen LogP contribution is 2.28. The molecule has 1 aromatic rings. The SMILES string of the molecule is C=C/C(=C\C(=C)N)c1cccc(C(F)(F)F)n1. The van der Waals surface area contributed by atoms with Gasteiger partial charge in [-0.2, -0.15) is 13.2 Å². The van der Waals surface area contributed by atoms with Gasteiger partial charge in [0.15, 0.2) is 0 Å². The van der Waals surface area contributed by atoms with Gasteiger partial charge in [-0.1, -0.05) is 25.3 Å². The molecule has 0 spiro atoms. The first kappa shape index (κ1) is 13.0. The molecule has 0 unspecified atom stereocenters. The van der Waals surface area contributed by atoms with Crippen molar-refractivity contribution < 1.29 is 13.2 Å². The molecule has 90 valence electrons. The molecule has 1 aromatic heterocycles. The van der Waals surface area contributed by atoms with Crippen molar-refractivity contribution in [2.45, 2.75) is 6.18 Å². The van der Waals surface area contributed by atoms with Gasteiger partial charge < -0.3 is 5.73 Å². The zero-order valence-corrected chi connectivity index (χ0v) is 8.96. The third-order valence-corrected chi connectivity index (χ3v) is 1.90. The first-order valence-electron chi connectivity index (χ1n) is 4.67. The minimum Gasteiger partial charge on any atom is -0.399 e. The number of nitrogens with two attached hydrogens (primary N) is 1. The van der Waals surface area contributed by atoms with Crippen LogP contribution in [-0.4, -0.2) is 4.98 Å². The molecule has 5 heteroatoms. The van der Waals surface area contributed by atoms with Gasteiger partial charge in [-0.15, -0.1) is 0 Å². The van der Waals surface area contributed by atoms with Gasteiger partial charge >= 0.3 is 6.18 Å². The number of hydrogen-bond donors (Lipinski definition) is 1. The summed E-state index contributed by atoms with van der Waals surface area (Å²) >= 11 is 0. The highest BCUT2D eigenvalue weighted by atomic mass is 19.4. The van der Waals surface area contributed by atoms with Crippen LogP contribution in [0.3, 0.4) is 0 Å². The maximum atomic E-state index is 12.4. The van der Waals surface area contributed by atoms with E-state index in [1.54, 1.807) is 0 Å². The van der Waals surface area contributed by atoms with E-state index >= 15 is 0 Å². The van der Waals surface area contributed by atoms with Crippen LogP contribution in [0.4, 0.5) is 13.2 Å². The van der Waals surface area contributed by atoms with Crippen LogP contribution in [0, 0.1) is 0 Å². The molecule has 0 saturated heterocycles. The number of alkyl halides is 3. The number of aromatic nitrogens is 1. The van der Waals surface area contributed by atoms with Gasteiger partial charge in [0.25, 0.3) is 0 Å². The van der Waals surface area contributed by atoms with Crippen molar-refractivity contribution in [2.75, 3.05) is 0 Å². The summed E-state index contributed by atoms with van der Waals surface area (Å²) in [5, 5.41) is 0. The Morgan fingerprint density at radius 3 is 2.47 bits per heavy atom. The monoisotopic (exact) mass is 240 g/mol. The molecule has 0 aliphatic carbocycles. The van der Waals surface area contributed by atoms with E-state index < -0.39 is 11.9 Å². The maximum Gasteiger partial charge on any atom is 0.433 e. The van der Waals surface area contributed by atoms with Crippen LogP contribution in [0.5, 0.6) is 0 Å². The fraction of sp³-hybridized carbons (Fsp3) is 0.0833. The Morgan fingerprint density at radius 2 is 2.00 bits per heavy atom. The Balaban J connectivity index is 3.23. The van der Waals surface area contributed by atoms with Crippen LogP contribution in [0.1, 0.15) is 11.4 Å². The number of rotatable bonds is 3. The number of allylic oxidation sites excluding steroid dienone is 3. The quantitative estimate of drug-likeness (QED) is 0.824. The van der Waals surface area contributed by atoms with E-state index in [2.05, 4.69) is 18.1 Å². The second-order valence-electron chi connectivity index (χ2n) is 3.28. The van der Waals surface area contributed by atoms with E-state index in [9.17, 15) is 13.2 Å². The first-order chi connectivity index (χ1) is 7.84. The van der Waals surface area contributed by atoms with Crippen LogP contribution in [0.2, 0.25) is 0 Å². The molecule has 0 aromatic carbocycles. The molecule has 0 aliphatic rings. The molecule has 0 bridgehead atoms. The van der Waals surface area contributed by atoms with Gasteiger partial charge in [-0.05, 0) is 18.2 Å². The van der Waals surface area contributed by atoms with E-state index in [0.29, 0.717) is 5.57 Å². The number of halogens is 3. The van der Waals surface area contributed by atoms with Gasteiger partial charge in [0, 0.05) is 11.3 Å². The fourth-order valence-electron chi connectivity index (χ4n) is 1.19. The zero-order valence-electron chi connectivity index (χ0n) is 8.96. The highest BCUT2D eigenvalue weighted by molar-refractivity contribution is 5.73. The Morgan fingerprint density at radius 1 is 1.35 bits per heavy atom. The lowest BCUT2D eigenvalue weighted by Crippen LogP contribution is -2.08. The molecule has 0 fully saturated rings. The van der Waals surface area contributed by atoms with Crippen molar-refractivity contribution in [3.05, 3.63) is 60.6 Å². The van der Waals surface area contributed by atoms with Crippen LogP contribution in [0.25, 0.3) is 5.57 Å². The minimum absolute atomic E-state index is 0.154. The number of nitrogens with zero attached hydrogens (tertiary/aromatic N) is 1. The van der Waals surface area contributed by atoms with E-state index in [0.717, 1.165) is 6.07 Å². The predicted octanol–water partition coefficient (Wildman–Crippen LogP) is 3.14. The summed E-state index contributed by atoms with van der Waals surface area (Å²) in [6, 6.07) is 3.63. The normalized spacial score (nSPS) is 12.3. The molecular formula is C12H11F3N2. The molecule has 0 saturated carbocycles. The van der Waals surface area contributed by atoms with Crippen molar-refractivity contribution in [1.82, 2.24) is 4.98 Å². The van der Waals surface area contributed by atoms with Crippen molar-refractivity contribution in [1.29, 1.82) is 0 Å². The lowest BCUT2D eigenvalue weighted by molar-refractivity contribution is -0.141. The lowest BCUT2D eigenvalue weighted by atomic mass is 10.1.